The van der Waals surface area contributed by atoms with Gasteiger partial charge in [0.05, 0.1) is 0 Å². The molecule has 8 nitrogen and oxygen atoms in total. The molecule has 9 heteroatoms. The maximum Gasteiger partial charge on any atom is 0.360 e. The molecule has 0 amide bonds. The van der Waals surface area contributed by atoms with E-state index in [1.807, 2.05) is 91.0 Å². The highest BCUT2D eigenvalue weighted by Crippen LogP contribution is 2.40. The second-order valence-corrected chi connectivity index (χ2v) is 12.0. The highest BCUT2D eigenvalue weighted by Gasteiger charge is 2.37. The number of benzene rings is 4. The number of aliphatic carboxylic acids is 1. The van der Waals surface area contributed by atoms with Crippen molar-refractivity contribution >= 4 is 34.1 Å². The van der Waals surface area contributed by atoms with Crippen LogP contribution in [0.4, 0.5) is 5.13 Å². The van der Waals surface area contributed by atoms with Crippen LogP contribution < -0.4 is 5.32 Å². The molecule has 5 aromatic rings. The third kappa shape index (κ3) is 7.27. The van der Waals surface area contributed by atoms with Gasteiger partial charge in [-0.1, -0.05) is 126 Å². The molecule has 0 saturated carbocycles. The Balaban J connectivity index is 1.53. The molecule has 0 aliphatic carbocycles. The zero-order valence-electron chi connectivity index (χ0n) is 25.1. The van der Waals surface area contributed by atoms with Crippen LogP contribution in [0.5, 0.6) is 0 Å². The van der Waals surface area contributed by atoms with E-state index in [1.165, 1.54) is 11.3 Å². The molecule has 0 fully saturated rings. The van der Waals surface area contributed by atoms with Crippen molar-refractivity contribution in [3.63, 3.8) is 0 Å². The Hall–Kier alpha value is -5.28. The molecule has 0 aliphatic rings. The predicted octanol–water partition coefficient (Wildman–Crippen LogP) is 7.44. The van der Waals surface area contributed by atoms with Gasteiger partial charge in [0.15, 0.2) is 5.13 Å². The summed E-state index contributed by atoms with van der Waals surface area (Å²) in [4.78, 5) is 35.7. The molecule has 1 aromatic heterocycles. The molecule has 2 N–H and O–H groups in total. The van der Waals surface area contributed by atoms with E-state index in [4.69, 9.17) is 9.57 Å². The molecule has 228 valence electrons. The van der Waals surface area contributed by atoms with Gasteiger partial charge in [0.25, 0.3) is 0 Å². The van der Waals surface area contributed by atoms with Gasteiger partial charge < -0.3 is 20.0 Å². The van der Waals surface area contributed by atoms with E-state index >= 15 is 0 Å². The molecule has 4 aromatic carbocycles. The zero-order chi connectivity index (χ0) is 31.9. The summed E-state index contributed by atoms with van der Waals surface area (Å²) >= 11 is 1.24. The fourth-order valence-corrected chi connectivity index (χ4v) is 5.66. The first-order valence-electron chi connectivity index (χ1n) is 14.3. The van der Waals surface area contributed by atoms with Gasteiger partial charge >= 0.3 is 11.9 Å². The zero-order valence-corrected chi connectivity index (χ0v) is 25.9. The molecule has 0 radical (unpaired) electrons. The minimum Gasteiger partial charge on any atom is -0.476 e. The summed E-state index contributed by atoms with van der Waals surface area (Å²) in [6, 6.07) is 38.7. The van der Waals surface area contributed by atoms with Gasteiger partial charge in [-0.2, -0.15) is 0 Å². The van der Waals surface area contributed by atoms with E-state index in [-0.39, 0.29) is 5.69 Å². The molecule has 1 heterocycles. The lowest BCUT2D eigenvalue weighted by molar-refractivity contribution is -0.169. The standard InChI is InChI=1S/C36H33N3O5S/c1-35(2,3)43-33(42)31(25-16-8-4-9-17-25)44-39-30(32(40)41)29-24-45-34(37-29)38-36(26-18-10-5-11-19-26,27-20-12-6-13-21-27)28-22-14-7-15-23-28/h4-24,31H,1-3H3,(H,37,38)(H,40,41)/b39-30-. The lowest BCUT2D eigenvalue weighted by Crippen LogP contribution is -2.38. The maximum atomic E-state index is 13.1. The number of nitrogens with one attached hydrogen (secondary N) is 1. The summed E-state index contributed by atoms with van der Waals surface area (Å²) < 4.78 is 5.53. The van der Waals surface area contributed by atoms with Crippen LogP contribution >= 0.6 is 11.3 Å². The number of thiazole rings is 1. The van der Waals surface area contributed by atoms with Crippen molar-refractivity contribution < 1.29 is 24.3 Å². The predicted molar refractivity (Wildman–Crippen MR) is 175 cm³/mol. The van der Waals surface area contributed by atoms with Gasteiger partial charge in [-0.15, -0.1) is 11.3 Å². The number of carbonyl (C=O) groups is 2. The SMILES string of the molecule is CC(C)(C)OC(=O)C(O/N=C(\C(=O)O)c1csc(NC(c2ccccc2)(c2ccccc2)c2ccccc2)n1)c1ccccc1. The smallest absolute Gasteiger partial charge is 0.360 e. The van der Waals surface area contributed by atoms with E-state index in [1.54, 1.807) is 56.5 Å². The van der Waals surface area contributed by atoms with Crippen LogP contribution in [0.15, 0.2) is 132 Å². The van der Waals surface area contributed by atoms with Gasteiger partial charge in [0.1, 0.15) is 16.8 Å². The number of carbonyl (C=O) groups excluding carboxylic acids is 1. The summed E-state index contributed by atoms with van der Waals surface area (Å²) in [5, 5.41) is 19.8. The summed E-state index contributed by atoms with van der Waals surface area (Å²) in [5.74, 6) is -2.05. The second kappa shape index (κ2) is 13.6. The Labute approximate surface area is 266 Å². The topological polar surface area (TPSA) is 110 Å². The van der Waals surface area contributed by atoms with Crippen molar-refractivity contribution in [3.05, 3.63) is 155 Å². The fourth-order valence-electron chi connectivity index (χ4n) is 4.91. The van der Waals surface area contributed by atoms with Crippen molar-refractivity contribution in [2.45, 2.75) is 38.0 Å². The Morgan fingerprint density at radius 1 is 0.778 bits per heavy atom. The Kier molecular flexibility index (Phi) is 9.39. The molecule has 0 aliphatic heterocycles. The number of aromatic nitrogens is 1. The summed E-state index contributed by atoms with van der Waals surface area (Å²) in [7, 11) is 0. The normalized spacial score (nSPS) is 12.6. The highest BCUT2D eigenvalue weighted by atomic mass is 32.1. The molecule has 1 unspecified atom stereocenters. The maximum absolute atomic E-state index is 13.1. The first-order chi connectivity index (χ1) is 21.7. The van der Waals surface area contributed by atoms with Crippen molar-refractivity contribution in [3.8, 4) is 0 Å². The molecule has 1 atom stereocenters. The number of ether oxygens (including phenoxy) is 1. The van der Waals surface area contributed by atoms with Crippen molar-refractivity contribution in [1.82, 2.24) is 4.98 Å². The van der Waals surface area contributed by atoms with Gasteiger partial charge in [-0.05, 0) is 37.5 Å². The molecular formula is C36H33N3O5S. The Bertz CT molecular complexity index is 1660. The fraction of sp³-hybridized carbons (Fsp3) is 0.167. The number of oxime groups is 1. The number of esters is 1. The van der Waals surface area contributed by atoms with Crippen LogP contribution in [-0.2, 0) is 24.7 Å². The van der Waals surface area contributed by atoms with Gasteiger partial charge in [0, 0.05) is 10.9 Å². The third-order valence-corrected chi connectivity index (χ3v) is 7.59. The number of carboxylic acid groups (broad SMARTS) is 1. The van der Waals surface area contributed by atoms with E-state index in [0.717, 1.165) is 16.7 Å². The number of anilines is 1. The molecular weight excluding hydrogens is 586 g/mol. The lowest BCUT2D eigenvalue weighted by atomic mass is 9.77. The number of hydrogen-bond acceptors (Lipinski definition) is 8. The number of nitrogens with zero attached hydrogens (tertiary/aromatic N) is 2. The quantitative estimate of drug-likeness (QED) is 0.0685. The van der Waals surface area contributed by atoms with Crippen LogP contribution in [-0.4, -0.2) is 33.3 Å². The largest absolute Gasteiger partial charge is 0.476 e. The number of rotatable bonds is 11. The highest BCUT2D eigenvalue weighted by molar-refractivity contribution is 7.14. The van der Waals surface area contributed by atoms with Crippen molar-refractivity contribution in [2.75, 3.05) is 5.32 Å². The molecule has 0 saturated heterocycles. The van der Waals surface area contributed by atoms with Crippen molar-refractivity contribution in [1.29, 1.82) is 0 Å². The Morgan fingerprint density at radius 3 is 1.69 bits per heavy atom. The second-order valence-electron chi connectivity index (χ2n) is 11.2. The molecule has 0 spiro atoms. The monoisotopic (exact) mass is 619 g/mol. The number of carboxylic acids is 1. The Morgan fingerprint density at radius 2 is 1.24 bits per heavy atom. The van der Waals surface area contributed by atoms with Crippen LogP contribution in [0.1, 0.15) is 54.8 Å². The summed E-state index contributed by atoms with van der Waals surface area (Å²) in [6.07, 6.45) is -1.28. The molecule has 45 heavy (non-hydrogen) atoms. The first kappa shape index (κ1) is 31.2. The van der Waals surface area contributed by atoms with Crippen molar-refractivity contribution in [2.24, 2.45) is 5.16 Å². The first-order valence-corrected chi connectivity index (χ1v) is 15.2. The lowest BCUT2D eigenvalue weighted by Gasteiger charge is -2.36. The average Bonchev–Trinajstić information content (AvgIpc) is 3.50. The van der Waals surface area contributed by atoms with Crippen LogP contribution in [0.25, 0.3) is 0 Å². The molecule has 5 rings (SSSR count). The van der Waals surface area contributed by atoms with E-state index < -0.39 is 34.9 Å². The minimum atomic E-state index is -1.36. The summed E-state index contributed by atoms with van der Waals surface area (Å²) in [6.45, 7) is 5.22. The van der Waals surface area contributed by atoms with Crippen LogP contribution in [0.3, 0.4) is 0 Å². The van der Waals surface area contributed by atoms with Gasteiger partial charge in [-0.3, -0.25) is 0 Å². The van der Waals surface area contributed by atoms with E-state index in [2.05, 4.69) is 15.5 Å². The minimum absolute atomic E-state index is 0.0779. The van der Waals surface area contributed by atoms with E-state index in [9.17, 15) is 14.7 Å². The summed E-state index contributed by atoms with van der Waals surface area (Å²) in [5.41, 5.74) is 1.37. The molecule has 0 bridgehead atoms. The van der Waals surface area contributed by atoms with Crippen LogP contribution in [0.2, 0.25) is 0 Å². The van der Waals surface area contributed by atoms with Crippen LogP contribution in [0, 0.1) is 0 Å². The van der Waals surface area contributed by atoms with Gasteiger partial charge in [0.2, 0.25) is 11.8 Å². The number of hydrogen-bond donors (Lipinski definition) is 2. The van der Waals surface area contributed by atoms with Gasteiger partial charge in [-0.25, -0.2) is 14.6 Å². The van der Waals surface area contributed by atoms with E-state index in [0.29, 0.717) is 10.7 Å². The average molecular weight is 620 g/mol. The third-order valence-electron chi connectivity index (χ3n) is 6.84.